The molecule has 0 aromatic heterocycles. The van der Waals surface area contributed by atoms with E-state index in [0.29, 0.717) is 50.4 Å². The van der Waals surface area contributed by atoms with Gasteiger partial charge in [-0.05, 0) is 44.7 Å². The number of amides is 1. The molecule has 1 aliphatic carbocycles. The number of esters is 1. The minimum absolute atomic E-state index is 0.155. The van der Waals surface area contributed by atoms with Gasteiger partial charge in [0.15, 0.2) is 11.5 Å². The van der Waals surface area contributed by atoms with E-state index >= 15 is 0 Å². The highest BCUT2D eigenvalue weighted by atomic mass is 32.2. The summed E-state index contributed by atoms with van der Waals surface area (Å²) in [4.78, 5) is 25.6. The van der Waals surface area contributed by atoms with Gasteiger partial charge in [0.05, 0.1) is 24.7 Å². The number of nitrogens with zero attached hydrogens (tertiary/aromatic N) is 1. The molecule has 1 saturated carbocycles. The first-order valence-corrected chi connectivity index (χ1v) is 13.2. The van der Waals surface area contributed by atoms with Crippen molar-refractivity contribution >= 4 is 21.9 Å². The molecule has 2 aliphatic heterocycles. The highest BCUT2D eigenvalue weighted by Gasteiger charge is 2.45. The number of rotatable bonds is 6. The van der Waals surface area contributed by atoms with Crippen molar-refractivity contribution < 1.29 is 32.2 Å². The monoisotopic (exact) mass is 480 g/mol. The number of ether oxygens (including phenoxy) is 3. The molecule has 182 valence electrons. The number of hydrogen-bond acceptors (Lipinski definition) is 7. The van der Waals surface area contributed by atoms with E-state index in [1.807, 2.05) is 0 Å². The Kier molecular flexibility index (Phi) is 7.13. The Labute approximate surface area is 194 Å². The largest absolute Gasteiger partial charge is 0.490 e. The molecule has 9 nitrogen and oxygen atoms in total. The third kappa shape index (κ3) is 4.96. The summed E-state index contributed by atoms with van der Waals surface area (Å²) >= 11 is 0. The molecule has 33 heavy (non-hydrogen) atoms. The van der Waals surface area contributed by atoms with Crippen molar-refractivity contribution in [3.8, 4) is 11.5 Å². The molecule has 0 bridgehead atoms. The first-order valence-electron chi connectivity index (χ1n) is 11.7. The molecular formula is C23H32N2O7S. The molecule has 1 aromatic carbocycles. The molecule has 3 aliphatic rings. The fraction of sp³-hybridized carbons (Fsp3) is 0.652. The summed E-state index contributed by atoms with van der Waals surface area (Å²) in [6.07, 6.45) is 4.42. The van der Waals surface area contributed by atoms with Gasteiger partial charge in [-0.3, -0.25) is 4.79 Å². The predicted octanol–water partition coefficient (Wildman–Crippen LogP) is 2.24. The first kappa shape index (κ1) is 23.8. The van der Waals surface area contributed by atoms with Crippen LogP contribution in [0.25, 0.3) is 0 Å². The Balaban J connectivity index is 1.39. The normalized spacial score (nSPS) is 21.2. The summed E-state index contributed by atoms with van der Waals surface area (Å²) in [5, 5.41) is 2.96. The molecule has 0 radical (unpaired) electrons. The van der Waals surface area contributed by atoms with Crippen LogP contribution in [-0.4, -0.2) is 63.0 Å². The number of nitrogens with one attached hydrogen (secondary N) is 1. The van der Waals surface area contributed by atoms with E-state index in [2.05, 4.69) is 5.32 Å². The van der Waals surface area contributed by atoms with Gasteiger partial charge in [0.2, 0.25) is 15.9 Å². The van der Waals surface area contributed by atoms with Crippen LogP contribution in [0, 0.1) is 5.92 Å². The number of carbonyl (C=O) groups excluding carboxylic acids is 2. The number of carbonyl (C=O) groups is 2. The summed E-state index contributed by atoms with van der Waals surface area (Å²) in [6, 6.07) is 4.67. The zero-order chi connectivity index (χ0) is 23.5. The lowest BCUT2D eigenvalue weighted by atomic mass is 9.92. The third-order valence-corrected chi connectivity index (χ3v) is 8.56. The summed E-state index contributed by atoms with van der Waals surface area (Å²) in [5.41, 5.74) is -0.944. The van der Waals surface area contributed by atoms with Crippen LogP contribution in [0.4, 0.5) is 0 Å². The molecular weight excluding hydrogens is 448 g/mol. The fourth-order valence-corrected chi connectivity index (χ4v) is 6.26. The van der Waals surface area contributed by atoms with Gasteiger partial charge in [-0.25, -0.2) is 13.2 Å². The van der Waals surface area contributed by atoms with Crippen molar-refractivity contribution in [3.63, 3.8) is 0 Å². The molecule has 4 rings (SSSR count). The number of sulfonamides is 1. The molecule has 0 unspecified atom stereocenters. The second-order valence-corrected chi connectivity index (χ2v) is 10.8. The molecule has 0 atom stereocenters. The van der Waals surface area contributed by atoms with Crippen LogP contribution in [0.1, 0.15) is 51.9 Å². The SMILES string of the molecule is CCOC(=O)C1(NC(=O)C2CCN(S(=O)(=O)c3ccc4c(c3)OCCCO4)CC2)CCCC1. The number of benzene rings is 1. The van der Waals surface area contributed by atoms with E-state index in [1.165, 1.54) is 16.4 Å². The predicted molar refractivity (Wildman–Crippen MR) is 120 cm³/mol. The second-order valence-electron chi connectivity index (χ2n) is 8.84. The lowest BCUT2D eigenvalue weighted by molar-refractivity contribution is -0.153. The van der Waals surface area contributed by atoms with Crippen molar-refractivity contribution in [2.75, 3.05) is 32.9 Å². The number of piperidine rings is 1. The van der Waals surface area contributed by atoms with Crippen LogP contribution in [0.2, 0.25) is 0 Å². The summed E-state index contributed by atoms with van der Waals surface area (Å²) in [6.45, 7) is 3.51. The molecule has 10 heteroatoms. The molecule has 2 fully saturated rings. The maximum absolute atomic E-state index is 13.2. The van der Waals surface area contributed by atoms with Crippen LogP contribution in [0.15, 0.2) is 23.1 Å². The van der Waals surface area contributed by atoms with E-state index in [-0.39, 0.29) is 42.4 Å². The van der Waals surface area contributed by atoms with Crippen LogP contribution in [-0.2, 0) is 24.3 Å². The highest BCUT2D eigenvalue weighted by Crippen LogP contribution is 2.35. The van der Waals surface area contributed by atoms with Crippen LogP contribution in [0.5, 0.6) is 11.5 Å². The van der Waals surface area contributed by atoms with Crippen LogP contribution >= 0.6 is 0 Å². The van der Waals surface area contributed by atoms with Crippen molar-refractivity contribution in [3.05, 3.63) is 18.2 Å². The Morgan fingerprint density at radius 3 is 2.42 bits per heavy atom. The average molecular weight is 481 g/mol. The molecule has 2 heterocycles. The number of fused-ring (bicyclic) bond motifs is 1. The van der Waals surface area contributed by atoms with E-state index in [1.54, 1.807) is 13.0 Å². The van der Waals surface area contributed by atoms with Crippen LogP contribution < -0.4 is 14.8 Å². The highest BCUT2D eigenvalue weighted by molar-refractivity contribution is 7.89. The van der Waals surface area contributed by atoms with E-state index in [4.69, 9.17) is 14.2 Å². The van der Waals surface area contributed by atoms with Gasteiger partial charge in [0.25, 0.3) is 0 Å². The van der Waals surface area contributed by atoms with Crippen LogP contribution in [0.3, 0.4) is 0 Å². The summed E-state index contributed by atoms with van der Waals surface area (Å²) in [5.74, 6) is 0.0721. The van der Waals surface area contributed by atoms with E-state index in [0.717, 1.165) is 19.3 Å². The van der Waals surface area contributed by atoms with Gasteiger partial charge >= 0.3 is 5.97 Å². The minimum Gasteiger partial charge on any atom is -0.490 e. The van der Waals surface area contributed by atoms with Gasteiger partial charge in [-0.1, -0.05) is 12.8 Å². The van der Waals surface area contributed by atoms with Gasteiger partial charge in [0, 0.05) is 31.5 Å². The fourth-order valence-electron chi connectivity index (χ4n) is 4.78. The lowest BCUT2D eigenvalue weighted by Crippen LogP contribution is -2.56. The van der Waals surface area contributed by atoms with E-state index in [9.17, 15) is 18.0 Å². The van der Waals surface area contributed by atoms with Crippen molar-refractivity contribution in [1.82, 2.24) is 9.62 Å². The van der Waals surface area contributed by atoms with Gasteiger partial charge in [0.1, 0.15) is 5.54 Å². The topological polar surface area (TPSA) is 111 Å². The number of hydrogen-bond donors (Lipinski definition) is 1. The van der Waals surface area contributed by atoms with E-state index < -0.39 is 15.6 Å². The Morgan fingerprint density at radius 2 is 1.76 bits per heavy atom. The molecule has 1 N–H and O–H groups in total. The third-order valence-electron chi connectivity index (χ3n) is 6.67. The lowest BCUT2D eigenvalue weighted by Gasteiger charge is -2.34. The maximum atomic E-state index is 13.2. The molecule has 1 aromatic rings. The molecule has 1 amide bonds. The van der Waals surface area contributed by atoms with Crippen molar-refractivity contribution in [1.29, 1.82) is 0 Å². The standard InChI is InChI=1S/C23H32N2O7S/c1-2-30-22(27)23(10-3-4-11-23)24-21(26)17-8-12-25(13-9-17)33(28,29)18-6-7-19-20(16-18)32-15-5-14-31-19/h6-7,16-17H,2-5,8-15H2,1H3,(H,24,26). The maximum Gasteiger partial charge on any atom is 0.331 e. The Bertz CT molecular complexity index is 981. The molecule has 1 saturated heterocycles. The Morgan fingerprint density at radius 1 is 1.09 bits per heavy atom. The van der Waals surface area contributed by atoms with Gasteiger partial charge in [-0.2, -0.15) is 4.31 Å². The van der Waals surface area contributed by atoms with Gasteiger partial charge < -0.3 is 19.5 Å². The smallest absolute Gasteiger partial charge is 0.331 e. The summed E-state index contributed by atoms with van der Waals surface area (Å²) < 4.78 is 44.2. The molecule has 0 spiro atoms. The zero-order valence-electron chi connectivity index (χ0n) is 19.0. The first-order chi connectivity index (χ1) is 15.9. The van der Waals surface area contributed by atoms with Crippen molar-refractivity contribution in [2.45, 2.75) is 62.3 Å². The Hall–Kier alpha value is -2.33. The second kappa shape index (κ2) is 9.89. The minimum atomic E-state index is -3.72. The average Bonchev–Trinajstić information content (AvgIpc) is 3.16. The van der Waals surface area contributed by atoms with Gasteiger partial charge in [-0.15, -0.1) is 0 Å². The van der Waals surface area contributed by atoms with Crippen molar-refractivity contribution in [2.24, 2.45) is 5.92 Å². The summed E-state index contributed by atoms with van der Waals surface area (Å²) in [7, 11) is -3.72. The zero-order valence-corrected chi connectivity index (χ0v) is 19.8. The quantitative estimate of drug-likeness (QED) is 0.622.